The molecule has 0 heterocycles. The van der Waals surface area contributed by atoms with Gasteiger partial charge in [0.05, 0.1) is 14.2 Å². The Bertz CT molecular complexity index is 411. The number of nitrogens with two attached hydrogens (primary N) is 1. The third kappa shape index (κ3) is 1.89. The van der Waals surface area contributed by atoms with Gasteiger partial charge in [-0.1, -0.05) is 13.0 Å². The van der Waals surface area contributed by atoms with Crippen LogP contribution in [0.5, 0.6) is 11.5 Å². The highest BCUT2D eigenvalue weighted by molar-refractivity contribution is 5.53. The summed E-state index contributed by atoms with van der Waals surface area (Å²) in [5.74, 6) is 1.63. The van der Waals surface area contributed by atoms with Gasteiger partial charge in [0.2, 0.25) is 0 Å². The first-order valence-corrected chi connectivity index (χ1v) is 6.19. The van der Waals surface area contributed by atoms with E-state index in [2.05, 4.69) is 13.0 Å². The summed E-state index contributed by atoms with van der Waals surface area (Å²) in [6.45, 7) is 2.13. The largest absolute Gasteiger partial charge is 0.493 e. The van der Waals surface area contributed by atoms with Crippen molar-refractivity contribution in [2.45, 2.75) is 38.1 Å². The van der Waals surface area contributed by atoms with E-state index in [-0.39, 0.29) is 5.54 Å². The molecule has 0 aromatic heterocycles. The molecular weight excluding hydrogens is 214 g/mol. The summed E-state index contributed by atoms with van der Waals surface area (Å²) in [6, 6.07) is 4.06. The zero-order chi connectivity index (χ0) is 12.5. The molecule has 0 bridgehead atoms. The maximum Gasteiger partial charge on any atom is 0.164 e. The van der Waals surface area contributed by atoms with Crippen LogP contribution in [0.3, 0.4) is 0 Å². The molecule has 1 saturated carbocycles. The molecule has 1 aliphatic rings. The van der Waals surface area contributed by atoms with Crippen molar-refractivity contribution < 1.29 is 9.47 Å². The lowest BCUT2D eigenvalue weighted by atomic mass is 9.71. The number of methoxy groups -OCH3 is 2. The van der Waals surface area contributed by atoms with Crippen LogP contribution in [0.4, 0.5) is 0 Å². The second-order valence-corrected chi connectivity index (χ2v) is 4.69. The molecule has 1 aliphatic carbocycles. The fourth-order valence-corrected chi connectivity index (χ4v) is 2.64. The van der Waals surface area contributed by atoms with E-state index in [1.807, 2.05) is 6.07 Å². The quantitative estimate of drug-likeness (QED) is 0.872. The maximum atomic E-state index is 6.42. The van der Waals surface area contributed by atoms with E-state index < -0.39 is 0 Å². The third-order valence-corrected chi connectivity index (χ3v) is 3.78. The van der Waals surface area contributed by atoms with E-state index in [4.69, 9.17) is 15.2 Å². The summed E-state index contributed by atoms with van der Waals surface area (Å²) < 4.78 is 10.8. The SMILES string of the molecule is CCc1c(C2(N)CCC2)ccc(OC)c1OC. The van der Waals surface area contributed by atoms with Gasteiger partial charge >= 0.3 is 0 Å². The minimum Gasteiger partial charge on any atom is -0.493 e. The lowest BCUT2D eigenvalue weighted by Gasteiger charge is -2.40. The summed E-state index contributed by atoms with van der Waals surface area (Å²) in [5.41, 5.74) is 8.69. The van der Waals surface area contributed by atoms with Gasteiger partial charge in [-0.2, -0.15) is 0 Å². The predicted octanol–water partition coefficient (Wildman–Crippen LogP) is 2.60. The Morgan fingerprint density at radius 1 is 1.24 bits per heavy atom. The normalized spacial score (nSPS) is 17.4. The second kappa shape index (κ2) is 4.57. The molecule has 0 aliphatic heterocycles. The van der Waals surface area contributed by atoms with Crippen molar-refractivity contribution in [1.82, 2.24) is 0 Å². The van der Waals surface area contributed by atoms with Crippen LogP contribution >= 0.6 is 0 Å². The summed E-state index contributed by atoms with van der Waals surface area (Å²) >= 11 is 0. The smallest absolute Gasteiger partial charge is 0.164 e. The molecule has 3 nitrogen and oxygen atoms in total. The average Bonchev–Trinajstić information content (AvgIpc) is 2.33. The number of rotatable bonds is 4. The number of hydrogen-bond acceptors (Lipinski definition) is 3. The van der Waals surface area contributed by atoms with E-state index in [1.165, 1.54) is 17.5 Å². The van der Waals surface area contributed by atoms with Gasteiger partial charge in [0.1, 0.15) is 0 Å². The van der Waals surface area contributed by atoms with E-state index in [0.717, 1.165) is 30.8 Å². The molecule has 0 radical (unpaired) electrons. The summed E-state index contributed by atoms with van der Waals surface area (Å²) in [5, 5.41) is 0. The summed E-state index contributed by atoms with van der Waals surface area (Å²) in [4.78, 5) is 0. The molecule has 0 amide bonds. The Morgan fingerprint density at radius 3 is 2.35 bits per heavy atom. The summed E-state index contributed by atoms with van der Waals surface area (Å²) in [6.07, 6.45) is 4.26. The van der Waals surface area contributed by atoms with Gasteiger partial charge in [-0.25, -0.2) is 0 Å². The molecule has 2 N–H and O–H groups in total. The Kier molecular flexibility index (Phi) is 3.29. The van der Waals surface area contributed by atoms with E-state index in [9.17, 15) is 0 Å². The zero-order valence-corrected chi connectivity index (χ0v) is 10.9. The molecule has 1 fully saturated rings. The van der Waals surface area contributed by atoms with Gasteiger partial charge < -0.3 is 15.2 Å². The van der Waals surface area contributed by atoms with Crippen LogP contribution in [0.2, 0.25) is 0 Å². The molecule has 0 unspecified atom stereocenters. The zero-order valence-electron chi connectivity index (χ0n) is 10.9. The van der Waals surface area contributed by atoms with Gasteiger partial charge in [-0.15, -0.1) is 0 Å². The first-order chi connectivity index (χ1) is 8.16. The van der Waals surface area contributed by atoms with Crippen molar-refractivity contribution in [1.29, 1.82) is 0 Å². The number of hydrogen-bond donors (Lipinski definition) is 1. The maximum absolute atomic E-state index is 6.42. The average molecular weight is 235 g/mol. The van der Waals surface area contributed by atoms with E-state index in [0.29, 0.717) is 0 Å². The number of ether oxygens (including phenoxy) is 2. The van der Waals surface area contributed by atoms with Crippen molar-refractivity contribution in [2.75, 3.05) is 14.2 Å². The molecule has 1 aromatic carbocycles. The molecule has 1 aromatic rings. The Hall–Kier alpha value is -1.22. The fraction of sp³-hybridized carbons (Fsp3) is 0.571. The van der Waals surface area contributed by atoms with Crippen LogP contribution in [0.25, 0.3) is 0 Å². The second-order valence-electron chi connectivity index (χ2n) is 4.69. The van der Waals surface area contributed by atoms with Gasteiger partial charge in [-0.05, 0) is 37.3 Å². The Morgan fingerprint density at radius 2 is 1.94 bits per heavy atom. The molecule has 0 spiro atoms. The monoisotopic (exact) mass is 235 g/mol. The molecule has 0 saturated heterocycles. The molecule has 17 heavy (non-hydrogen) atoms. The van der Waals surface area contributed by atoms with Crippen LogP contribution in [-0.2, 0) is 12.0 Å². The number of benzene rings is 1. The van der Waals surface area contributed by atoms with Crippen LogP contribution in [-0.4, -0.2) is 14.2 Å². The van der Waals surface area contributed by atoms with Crippen molar-refractivity contribution in [2.24, 2.45) is 5.73 Å². The third-order valence-electron chi connectivity index (χ3n) is 3.78. The van der Waals surface area contributed by atoms with Crippen molar-refractivity contribution in [3.05, 3.63) is 23.3 Å². The minimum atomic E-state index is -0.148. The van der Waals surface area contributed by atoms with Crippen LogP contribution in [0.15, 0.2) is 12.1 Å². The van der Waals surface area contributed by atoms with Gasteiger partial charge in [-0.3, -0.25) is 0 Å². The lowest BCUT2D eigenvalue weighted by molar-refractivity contribution is 0.249. The highest BCUT2D eigenvalue weighted by atomic mass is 16.5. The van der Waals surface area contributed by atoms with Crippen molar-refractivity contribution in [3.8, 4) is 11.5 Å². The van der Waals surface area contributed by atoms with E-state index in [1.54, 1.807) is 14.2 Å². The van der Waals surface area contributed by atoms with Crippen LogP contribution in [0.1, 0.15) is 37.3 Å². The fourth-order valence-electron chi connectivity index (χ4n) is 2.64. The molecular formula is C14H21NO2. The first-order valence-electron chi connectivity index (χ1n) is 6.19. The van der Waals surface area contributed by atoms with Crippen LogP contribution < -0.4 is 15.2 Å². The molecule has 3 heteroatoms. The highest BCUT2D eigenvalue weighted by Gasteiger charge is 2.37. The van der Waals surface area contributed by atoms with Gasteiger partial charge in [0.15, 0.2) is 11.5 Å². The Balaban J connectivity index is 2.53. The first kappa shape index (κ1) is 12.2. The topological polar surface area (TPSA) is 44.5 Å². The Labute approximate surface area is 103 Å². The molecule has 0 atom stereocenters. The molecule has 2 rings (SSSR count). The standard InChI is InChI=1S/C14H21NO2/c1-4-10-11(14(15)8-5-9-14)6-7-12(16-2)13(10)17-3/h6-7H,4-5,8-9,15H2,1-3H3. The van der Waals surface area contributed by atoms with Crippen molar-refractivity contribution >= 4 is 0 Å². The minimum absolute atomic E-state index is 0.148. The van der Waals surface area contributed by atoms with Gasteiger partial charge in [0.25, 0.3) is 0 Å². The predicted molar refractivity (Wildman–Crippen MR) is 68.6 cm³/mol. The van der Waals surface area contributed by atoms with Gasteiger partial charge in [0, 0.05) is 11.1 Å². The summed E-state index contributed by atoms with van der Waals surface area (Å²) in [7, 11) is 3.35. The van der Waals surface area contributed by atoms with Crippen molar-refractivity contribution in [3.63, 3.8) is 0 Å². The highest BCUT2D eigenvalue weighted by Crippen LogP contribution is 2.44. The van der Waals surface area contributed by atoms with E-state index >= 15 is 0 Å². The molecule has 94 valence electrons. The lowest BCUT2D eigenvalue weighted by Crippen LogP contribution is -2.44. The van der Waals surface area contributed by atoms with Crippen LogP contribution in [0, 0.1) is 0 Å².